The molecule has 0 spiro atoms. The van der Waals surface area contributed by atoms with Crippen molar-refractivity contribution in [1.82, 2.24) is 4.57 Å². The third kappa shape index (κ3) is 4.67. The Labute approximate surface area is 244 Å². The highest BCUT2D eigenvalue weighted by Gasteiger charge is 2.40. The average Bonchev–Trinajstić information content (AvgIpc) is 2.96. The Morgan fingerprint density at radius 2 is 1.77 bits per heavy atom. The van der Waals surface area contributed by atoms with E-state index in [2.05, 4.69) is 0 Å². The van der Waals surface area contributed by atoms with E-state index in [9.17, 15) is 39.6 Å². The van der Waals surface area contributed by atoms with Gasteiger partial charge in [0, 0.05) is 17.4 Å². The monoisotopic (exact) mass is 585 g/mol. The summed E-state index contributed by atoms with van der Waals surface area (Å²) in [6.07, 6.45) is -4.19. The highest BCUT2D eigenvalue weighted by Crippen LogP contribution is 2.39. The number of ketones is 2. The van der Waals surface area contributed by atoms with Gasteiger partial charge in [0.2, 0.25) is 12.1 Å². The maximum absolute atomic E-state index is 14.4. The van der Waals surface area contributed by atoms with Gasteiger partial charge in [-0.2, -0.15) is 0 Å². The van der Waals surface area contributed by atoms with Crippen LogP contribution in [0.2, 0.25) is 0 Å². The molecular formula is C32H27NO10. The lowest BCUT2D eigenvalue weighted by atomic mass is 9.83. The van der Waals surface area contributed by atoms with Crippen molar-refractivity contribution in [1.29, 1.82) is 0 Å². The van der Waals surface area contributed by atoms with Gasteiger partial charge < -0.3 is 29.9 Å². The number of ether oxygens (including phenoxy) is 2. The molecule has 4 atom stereocenters. The van der Waals surface area contributed by atoms with E-state index in [0.717, 1.165) is 4.57 Å². The van der Waals surface area contributed by atoms with Crippen molar-refractivity contribution >= 4 is 28.3 Å². The van der Waals surface area contributed by atoms with Crippen LogP contribution in [0.5, 0.6) is 11.5 Å². The Hall–Kier alpha value is -4.84. The summed E-state index contributed by atoms with van der Waals surface area (Å²) in [5.41, 5.74) is -0.302. The molecule has 11 nitrogen and oxygen atoms in total. The van der Waals surface area contributed by atoms with Crippen molar-refractivity contribution in [3.8, 4) is 11.5 Å². The number of benzene rings is 3. The number of hydrogen-bond acceptors (Lipinski definition) is 9. The summed E-state index contributed by atoms with van der Waals surface area (Å²) in [6, 6.07) is 13.2. The number of carbonyl (C=O) groups is 3. The van der Waals surface area contributed by atoms with Crippen LogP contribution >= 0.6 is 0 Å². The van der Waals surface area contributed by atoms with Crippen molar-refractivity contribution in [2.24, 2.45) is 0 Å². The largest absolute Gasteiger partial charge is 0.507 e. The highest BCUT2D eigenvalue weighted by atomic mass is 16.7. The van der Waals surface area contributed by atoms with Crippen LogP contribution in [0, 0.1) is 6.92 Å². The van der Waals surface area contributed by atoms with Crippen molar-refractivity contribution in [2.75, 3.05) is 0 Å². The number of rotatable bonds is 5. The summed E-state index contributed by atoms with van der Waals surface area (Å²) >= 11 is 0. The molecule has 1 fully saturated rings. The molecule has 4 aromatic rings. The molecule has 1 aliphatic heterocycles. The van der Waals surface area contributed by atoms with Crippen LogP contribution < -0.4 is 10.3 Å². The van der Waals surface area contributed by atoms with Gasteiger partial charge in [-0.05, 0) is 55.3 Å². The molecule has 1 aliphatic carbocycles. The summed E-state index contributed by atoms with van der Waals surface area (Å²) in [5, 5.41) is 40.7. The molecule has 1 saturated heterocycles. The number of pyridine rings is 1. The first-order valence-corrected chi connectivity index (χ1v) is 13.6. The second-order valence-electron chi connectivity index (χ2n) is 10.8. The van der Waals surface area contributed by atoms with Crippen LogP contribution in [0.3, 0.4) is 0 Å². The molecule has 43 heavy (non-hydrogen) atoms. The van der Waals surface area contributed by atoms with Crippen LogP contribution in [0.1, 0.15) is 66.8 Å². The van der Waals surface area contributed by atoms with E-state index < -0.39 is 47.7 Å². The molecule has 6 rings (SSSR count). The summed E-state index contributed by atoms with van der Waals surface area (Å²) in [4.78, 5) is 54.1. The van der Waals surface area contributed by atoms with Gasteiger partial charge in [-0.25, -0.2) is 4.79 Å². The van der Waals surface area contributed by atoms with Gasteiger partial charge in [0.15, 0.2) is 5.78 Å². The number of aromatic hydroxyl groups is 1. The molecule has 3 aromatic carbocycles. The fraction of sp³-hybridized carbons (Fsp3) is 0.250. The number of fused-ring (bicyclic) bond motifs is 4. The molecule has 0 bridgehead atoms. The lowest BCUT2D eigenvalue weighted by Gasteiger charge is -2.35. The minimum Gasteiger partial charge on any atom is -0.507 e. The summed E-state index contributed by atoms with van der Waals surface area (Å²) in [5.74, 6) is -2.88. The number of hydrogen-bond donors (Lipinski definition) is 4. The zero-order valence-corrected chi connectivity index (χ0v) is 23.1. The molecule has 220 valence electrons. The van der Waals surface area contributed by atoms with E-state index in [4.69, 9.17) is 9.47 Å². The molecule has 0 radical (unpaired) electrons. The van der Waals surface area contributed by atoms with E-state index in [1.54, 1.807) is 19.9 Å². The van der Waals surface area contributed by atoms with E-state index in [0.29, 0.717) is 11.1 Å². The molecular weight excluding hydrogens is 558 g/mol. The topological polar surface area (TPSA) is 173 Å². The number of aliphatic hydroxyl groups excluding tert-OH is 2. The number of phenolic OH excluding ortho intramolecular Hbond substituents is 1. The molecule has 0 amide bonds. The number of nitrogens with zero attached hydrogens (tertiary/aromatic N) is 1. The third-order valence-corrected chi connectivity index (χ3v) is 7.88. The zero-order chi connectivity index (χ0) is 30.7. The van der Waals surface area contributed by atoms with Crippen molar-refractivity contribution in [2.45, 2.75) is 51.4 Å². The van der Waals surface area contributed by atoms with Crippen molar-refractivity contribution in [3.63, 3.8) is 0 Å². The van der Waals surface area contributed by atoms with E-state index in [1.165, 1.54) is 48.5 Å². The minimum absolute atomic E-state index is 0.0150. The maximum atomic E-state index is 14.4. The quantitative estimate of drug-likeness (QED) is 0.240. The van der Waals surface area contributed by atoms with Crippen LogP contribution in [-0.4, -0.2) is 67.1 Å². The molecule has 2 aliphatic rings. The minimum atomic E-state index is -1.17. The predicted octanol–water partition coefficient (Wildman–Crippen LogP) is 2.77. The summed E-state index contributed by atoms with van der Waals surface area (Å²) < 4.78 is 12.8. The lowest BCUT2D eigenvalue weighted by Crippen LogP contribution is -2.48. The van der Waals surface area contributed by atoms with Crippen LogP contribution in [-0.2, 0) is 11.3 Å². The molecule has 2 heterocycles. The van der Waals surface area contributed by atoms with E-state index >= 15 is 0 Å². The number of aromatic nitrogens is 1. The average molecular weight is 586 g/mol. The maximum Gasteiger partial charge on any atom is 0.335 e. The standard InChI is InChI=1S/C32H27NO10/c1-14-9-19-24(20(34)10-14)26-27(33(31(19)39)13-16-5-3-6-17(11-16)32(40)41)30(38)25-18(29(26)37)7-4-8-22(25)43-23-12-21(35)28(36)15(2)42-23/h3-11,15,21,23,28,34-36H,12-13H2,1-2H3,(H,40,41)/t15-,21+,23-,28-/m0/s1. The normalized spacial score (nSPS) is 21.4. The summed E-state index contributed by atoms with van der Waals surface area (Å²) in [6.45, 7) is 3.00. The van der Waals surface area contributed by atoms with Gasteiger partial charge >= 0.3 is 5.97 Å². The van der Waals surface area contributed by atoms with Crippen LogP contribution in [0.25, 0.3) is 10.8 Å². The second-order valence-corrected chi connectivity index (χ2v) is 10.8. The molecule has 1 aromatic heterocycles. The first-order valence-electron chi connectivity index (χ1n) is 13.6. The fourth-order valence-corrected chi connectivity index (χ4v) is 5.84. The molecule has 0 unspecified atom stereocenters. The molecule has 0 saturated carbocycles. The van der Waals surface area contributed by atoms with Gasteiger partial charge in [-0.1, -0.05) is 24.3 Å². The Morgan fingerprint density at radius 3 is 2.49 bits per heavy atom. The number of phenols is 1. The lowest BCUT2D eigenvalue weighted by molar-refractivity contribution is -0.216. The van der Waals surface area contributed by atoms with Gasteiger partial charge in [0.05, 0.1) is 40.8 Å². The SMILES string of the molecule is Cc1cc(O)c2c3c(n(Cc4cccc(C(=O)O)c4)c(=O)c2c1)C(=O)c1c(O[C@H]2C[C@@H](O)[C@@H](O)[C@H](C)O2)cccc1C3=O. The Morgan fingerprint density at radius 1 is 1.02 bits per heavy atom. The second kappa shape index (κ2) is 10.5. The van der Waals surface area contributed by atoms with Gasteiger partial charge in [0.1, 0.15) is 23.3 Å². The Balaban J connectivity index is 1.56. The van der Waals surface area contributed by atoms with E-state index in [1.807, 2.05) is 0 Å². The first-order chi connectivity index (χ1) is 20.5. The Kier molecular flexibility index (Phi) is 6.88. The molecule has 11 heteroatoms. The smallest absolute Gasteiger partial charge is 0.335 e. The number of carboxylic acid groups (broad SMARTS) is 1. The Bertz CT molecular complexity index is 1900. The number of carbonyl (C=O) groups excluding carboxylic acids is 2. The van der Waals surface area contributed by atoms with Gasteiger partial charge in [0.25, 0.3) is 5.56 Å². The number of aliphatic hydroxyl groups is 2. The first kappa shape index (κ1) is 28.3. The number of aryl methyl sites for hydroxylation is 1. The van der Waals surface area contributed by atoms with Crippen LogP contribution in [0.15, 0.2) is 59.4 Å². The number of aromatic carboxylic acids is 1. The van der Waals surface area contributed by atoms with E-state index in [-0.39, 0.29) is 63.2 Å². The highest BCUT2D eigenvalue weighted by molar-refractivity contribution is 6.32. The van der Waals surface area contributed by atoms with Crippen molar-refractivity contribution < 1.29 is 44.3 Å². The third-order valence-electron chi connectivity index (χ3n) is 7.88. The zero-order valence-electron chi connectivity index (χ0n) is 23.1. The molecule has 4 N–H and O–H groups in total. The van der Waals surface area contributed by atoms with Gasteiger partial charge in [-0.3, -0.25) is 19.0 Å². The number of carboxylic acids is 1. The predicted molar refractivity (Wildman–Crippen MR) is 152 cm³/mol. The van der Waals surface area contributed by atoms with Crippen molar-refractivity contribution in [3.05, 3.63) is 104 Å². The van der Waals surface area contributed by atoms with Crippen LogP contribution in [0.4, 0.5) is 0 Å². The van der Waals surface area contributed by atoms with Gasteiger partial charge in [-0.15, -0.1) is 0 Å². The fourth-order valence-electron chi connectivity index (χ4n) is 5.84. The summed E-state index contributed by atoms with van der Waals surface area (Å²) in [7, 11) is 0.